The lowest BCUT2D eigenvalue weighted by molar-refractivity contribution is -0.385. The number of hydrogen-bond donors (Lipinski definition) is 1. The van der Waals surface area contributed by atoms with E-state index in [9.17, 15) is 14.9 Å². The molecule has 9 heteroatoms. The van der Waals surface area contributed by atoms with Gasteiger partial charge in [0.15, 0.2) is 0 Å². The molecule has 0 saturated heterocycles. The van der Waals surface area contributed by atoms with E-state index in [0.29, 0.717) is 35.9 Å². The molecule has 0 saturated carbocycles. The van der Waals surface area contributed by atoms with Crippen molar-refractivity contribution >= 4 is 17.3 Å². The number of hydrogen-bond acceptors (Lipinski definition) is 7. The van der Waals surface area contributed by atoms with Gasteiger partial charge in [-0.15, -0.1) is 0 Å². The second kappa shape index (κ2) is 13.8. The van der Waals surface area contributed by atoms with Crippen molar-refractivity contribution in [1.82, 2.24) is 0 Å². The van der Waals surface area contributed by atoms with E-state index in [-0.39, 0.29) is 30.4 Å². The van der Waals surface area contributed by atoms with E-state index >= 15 is 0 Å². The molecule has 0 atom stereocenters. The lowest BCUT2D eigenvalue weighted by atomic mass is 10.1. The molecule has 40 heavy (non-hydrogen) atoms. The Morgan fingerprint density at radius 3 is 2.20 bits per heavy atom. The first-order valence-electron chi connectivity index (χ1n) is 12.7. The normalized spacial score (nSPS) is 10.6. The minimum Gasteiger partial charge on any atom is -0.491 e. The number of carboxylic acids is 1. The standard InChI is InChI=1S/C31H30N2O7/c1-23-29(11-6-12-30(23)33(36)37)32(20-24-7-3-2-4-8-24)21-25-13-15-26(16-14-25)40-28-10-5-9-27(19-28)39-18-17-38-22-31(34)35/h2-16,19H,17-18,20-22H2,1H3,(H,34,35). The van der Waals surface area contributed by atoms with Gasteiger partial charge in [-0.2, -0.15) is 0 Å². The van der Waals surface area contributed by atoms with E-state index in [1.807, 2.05) is 66.7 Å². The van der Waals surface area contributed by atoms with Crippen LogP contribution in [0.3, 0.4) is 0 Å². The molecule has 0 radical (unpaired) electrons. The first-order chi connectivity index (χ1) is 19.4. The highest BCUT2D eigenvalue weighted by molar-refractivity contribution is 5.68. The van der Waals surface area contributed by atoms with Crippen molar-refractivity contribution in [2.75, 3.05) is 24.7 Å². The topological polar surface area (TPSA) is 111 Å². The molecule has 1 N–H and O–H groups in total. The van der Waals surface area contributed by atoms with Crippen LogP contribution in [-0.4, -0.2) is 35.8 Å². The molecular weight excluding hydrogens is 512 g/mol. The molecule has 206 valence electrons. The third-order valence-corrected chi connectivity index (χ3v) is 6.09. The highest BCUT2D eigenvalue weighted by atomic mass is 16.6. The Morgan fingerprint density at radius 1 is 0.825 bits per heavy atom. The molecule has 0 heterocycles. The Morgan fingerprint density at radius 2 is 1.50 bits per heavy atom. The molecule has 4 rings (SSSR count). The van der Waals surface area contributed by atoms with Gasteiger partial charge < -0.3 is 24.2 Å². The Labute approximate surface area is 232 Å². The molecule has 0 amide bonds. The number of nitrogens with zero attached hydrogens (tertiary/aromatic N) is 2. The van der Waals surface area contributed by atoms with Crippen LogP contribution in [0.1, 0.15) is 16.7 Å². The fourth-order valence-corrected chi connectivity index (χ4v) is 4.21. The Balaban J connectivity index is 1.44. The number of aliphatic carboxylic acids is 1. The molecule has 0 aliphatic heterocycles. The van der Waals surface area contributed by atoms with Crippen molar-refractivity contribution in [2.45, 2.75) is 20.0 Å². The summed E-state index contributed by atoms with van der Waals surface area (Å²) in [6.07, 6.45) is 0. The smallest absolute Gasteiger partial charge is 0.329 e. The average Bonchev–Trinajstić information content (AvgIpc) is 2.94. The number of ether oxygens (including phenoxy) is 3. The maximum Gasteiger partial charge on any atom is 0.329 e. The number of rotatable bonds is 14. The first-order valence-corrected chi connectivity index (χ1v) is 12.7. The van der Waals surface area contributed by atoms with Gasteiger partial charge in [-0.3, -0.25) is 10.1 Å². The number of nitro benzene ring substituents is 1. The van der Waals surface area contributed by atoms with Gasteiger partial charge in [-0.05, 0) is 48.4 Å². The van der Waals surface area contributed by atoms with Gasteiger partial charge in [0.1, 0.15) is 30.5 Å². The minimum atomic E-state index is -1.02. The summed E-state index contributed by atoms with van der Waals surface area (Å²) in [5, 5.41) is 20.2. The second-order valence-electron chi connectivity index (χ2n) is 9.04. The van der Waals surface area contributed by atoms with Crippen molar-refractivity contribution in [1.29, 1.82) is 0 Å². The van der Waals surface area contributed by atoms with Crippen molar-refractivity contribution in [3.05, 3.63) is 124 Å². The van der Waals surface area contributed by atoms with Crippen LogP contribution in [0.2, 0.25) is 0 Å². The van der Waals surface area contributed by atoms with Crippen molar-refractivity contribution in [2.24, 2.45) is 0 Å². The van der Waals surface area contributed by atoms with Crippen LogP contribution in [0.5, 0.6) is 17.2 Å². The van der Waals surface area contributed by atoms with E-state index in [0.717, 1.165) is 16.8 Å². The predicted octanol–water partition coefficient (Wildman–Crippen LogP) is 6.38. The molecule has 4 aromatic carbocycles. The highest BCUT2D eigenvalue weighted by Crippen LogP contribution is 2.31. The maximum absolute atomic E-state index is 11.6. The van der Waals surface area contributed by atoms with Crippen LogP contribution in [0.15, 0.2) is 97.1 Å². The van der Waals surface area contributed by atoms with Crippen LogP contribution < -0.4 is 14.4 Å². The lowest BCUT2D eigenvalue weighted by Crippen LogP contribution is -2.23. The highest BCUT2D eigenvalue weighted by Gasteiger charge is 2.18. The van der Waals surface area contributed by atoms with Crippen LogP contribution in [0, 0.1) is 17.0 Å². The summed E-state index contributed by atoms with van der Waals surface area (Å²) in [7, 11) is 0. The van der Waals surface area contributed by atoms with Crippen molar-refractivity contribution in [3.8, 4) is 17.2 Å². The van der Waals surface area contributed by atoms with Crippen LogP contribution in [0.25, 0.3) is 0 Å². The van der Waals surface area contributed by atoms with Crippen molar-refractivity contribution in [3.63, 3.8) is 0 Å². The van der Waals surface area contributed by atoms with E-state index in [1.165, 1.54) is 6.07 Å². The molecular formula is C31H30N2O7. The van der Waals surface area contributed by atoms with Gasteiger partial charge in [-0.1, -0.05) is 54.6 Å². The van der Waals surface area contributed by atoms with E-state index in [2.05, 4.69) is 4.90 Å². The average molecular weight is 543 g/mol. The third kappa shape index (κ3) is 8.05. The second-order valence-corrected chi connectivity index (χ2v) is 9.04. The molecule has 0 unspecified atom stereocenters. The fraction of sp³-hybridized carbons (Fsp3) is 0.194. The molecule has 0 spiro atoms. The van der Waals surface area contributed by atoms with E-state index < -0.39 is 5.97 Å². The van der Waals surface area contributed by atoms with Gasteiger partial charge in [0.05, 0.1) is 17.1 Å². The monoisotopic (exact) mass is 542 g/mol. The van der Waals surface area contributed by atoms with Crippen LogP contribution >= 0.6 is 0 Å². The molecule has 0 aliphatic rings. The zero-order valence-corrected chi connectivity index (χ0v) is 22.1. The fourth-order valence-electron chi connectivity index (χ4n) is 4.21. The van der Waals surface area contributed by atoms with Gasteiger partial charge in [-0.25, -0.2) is 4.79 Å². The Bertz CT molecular complexity index is 1430. The Kier molecular flexibility index (Phi) is 9.68. The molecule has 0 bridgehead atoms. The summed E-state index contributed by atoms with van der Waals surface area (Å²) < 4.78 is 16.6. The zero-order valence-electron chi connectivity index (χ0n) is 22.1. The SMILES string of the molecule is Cc1c(N(Cc2ccccc2)Cc2ccc(Oc3cccc(OCCOCC(=O)O)c3)cc2)cccc1[N+](=O)[O-]. The van der Waals surface area contributed by atoms with Gasteiger partial charge >= 0.3 is 5.97 Å². The lowest BCUT2D eigenvalue weighted by Gasteiger charge is -2.27. The number of carboxylic acid groups (broad SMARTS) is 1. The number of benzene rings is 4. The Hall–Kier alpha value is -4.89. The zero-order chi connectivity index (χ0) is 28.3. The summed E-state index contributed by atoms with van der Waals surface area (Å²) >= 11 is 0. The molecule has 9 nitrogen and oxygen atoms in total. The summed E-state index contributed by atoms with van der Waals surface area (Å²) in [4.78, 5) is 23.9. The maximum atomic E-state index is 11.6. The van der Waals surface area contributed by atoms with Crippen LogP contribution in [-0.2, 0) is 22.6 Å². The minimum absolute atomic E-state index is 0.0957. The quantitative estimate of drug-likeness (QED) is 0.111. The third-order valence-electron chi connectivity index (χ3n) is 6.09. The first kappa shape index (κ1) is 28.1. The van der Waals surface area contributed by atoms with Gasteiger partial charge in [0, 0.05) is 30.9 Å². The molecule has 4 aromatic rings. The summed E-state index contributed by atoms with van der Waals surface area (Å²) in [6, 6.07) is 30.0. The number of carbonyl (C=O) groups is 1. The molecule has 0 fully saturated rings. The molecule has 0 aliphatic carbocycles. The van der Waals surface area contributed by atoms with E-state index in [4.69, 9.17) is 19.3 Å². The summed E-state index contributed by atoms with van der Waals surface area (Å²) in [6.45, 7) is 2.94. The van der Waals surface area contributed by atoms with Crippen molar-refractivity contribution < 1.29 is 29.0 Å². The van der Waals surface area contributed by atoms with Gasteiger partial charge in [0.25, 0.3) is 5.69 Å². The van der Waals surface area contributed by atoms with Crippen LogP contribution in [0.4, 0.5) is 11.4 Å². The predicted molar refractivity (Wildman–Crippen MR) is 151 cm³/mol. The number of anilines is 1. The summed E-state index contributed by atoms with van der Waals surface area (Å²) in [5.74, 6) is 0.794. The molecule has 0 aromatic heterocycles. The largest absolute Gasteiger partial charge is 0.491 e. The van der Waals surface area contributed by atoms with E-state index in [1.54, 1.807) is 31.2 Å². The number of nitro groups is 1. The van der Waals surface area contributed by atoms with Gasteiger partial charge in [0.2, 0.25) is 0 Å². The summed E-state index contributed by atoms with van der Waals surface area (Å²) in [5.41, 5.74) is 3.65.